The van der Waals surface area contributed by atoms with Crippen molar-refractivity contribution in [1.82, 2.24) is 10.6 Å². The number of hydrogen-bond acceptors (Lipinski definition) is 4. The summed E-state index contributed by atoms with van der Waals surface area (Å²) in [5.74, 6) is 0.0404. The second kappa shape index (κ2) is 8.15. The number of amides is 1. The molecule has 31 heavy (non-hydrogen) atoms. The van der Waals surface area contributed by atoms with E-state index >= 15 is 0 Å². The highest BCUT2D eigenvalue weighted by molar-refractivity contribution is 6.22. The molecule has 6 heteroatoms. The fourth-order valence-corrected chi connectivity index (χ4v) is 6.79. The highest BCUT2D eigenvalue weighted by Crippen LogP contribution is 2.63. The van der Waals surface area contributed by atoms with Crippen LogP contribution in [0.3, 0.4) is 0 Å². The zero-order valence-corrected chi connectivity index (χ0v) is 19.6. The predicted molar refractivity (Wildman–Crippen MR) is 125 cm³/mol. The Morgan fingerprint density at radius 2 is 1.77 bits per heavy atom. The van der Waals surface area contributed by atoms with Crippen LogP contribution in [-0.2, 0) is 0 Å². The summed E-state index contributed by atoms with van der Waals surface area (Å²) in [6.45, 7) is 12.6. The van der Waals surface area contributed by atoms with Crippen molar-refractivity contribution < 1.29 is 4.79 Å². The molecule has 5 nitrogen and oxygen atoms in total. The molecular formula is C25H33ClN4O. The molecule has 1 heterocycles. The molecule has 2 N–H and O–H groups in total. The largest absolute Gasteiger partial charge is 0.369 e. The van der Waals surface area contributed by atoms with E-state index in [1.807, 2.05) is 30.3 Å². The Hall–Kier alpha value is -2.03. The van der Waals surface area contributed by atoms with Crippen molar-refractivity contribution in [2.45, 2.75) is 39.1 Å². The Bertz CT molecular complexity index is 879. The summed E-state index contributed by atoms with van der Waals surface area (Å²) in [5, 5.41) is 16.5. The molecule has 2 aliphatic carbocycles. The lowest BCUT2D eigenvalue weighted by atomic mass is 9.40. The molecule has 166 valence electrons. The molecule has 3 aliphatic rings. The number of alkyl halides is 1. The minimum absolute atomic E-state index is 0.0148. The first kappa shape index (κ1) is 22.2. The van der Waals surface area contributed by atoms with Gasteiger partial charge in [0.25, 0.3) is 5.91 Å². The van der Waals surface area contributed by atoms with Gasteiger partial charge in [0.05, 0.1) is 17.4 Å². The number of nitrogens with zero attached hydrogens (tertiary/aromatic N) is 2. The predicted octanol–water partition coefficient (Wildman–Crippen LogP) is 3.81. The molecule has 0 radical (unpaired) electrons. The van der Waals surface area contributed by atoms with Gasteiger partial charge in [-0.2, -0.15) is 5.26 Å². The van der Waals surface area contributed by atoms with Gasteiger partial charge in [-0.05, 0) is 41.0 Å². The Labute approximate surface area is 190 Å². The number of nitriles is 1. The van der Waals surface area contributed by atoms with E-state index in [1.165, 1.54) is 0 Å². The van der Waals surface area contributed by atoms with Gasteiger partial charge >= 0.3 is 0 Å². The molecule has 1 saturated heterocycles. The van der Waals surface area contributed by atoms with Crippen LogP contribution >= 0.6 is 11.6 Å². The maximum atomic E-state index is 13.1. The number of nitrogens with one attached hydrogen (secondary N) is 2. The average Bonchev–Trinajstić information content (AvgIpc) is 2.75. The quantitative estimate of drug-likeness (QED) is 0.539. The van der Waals surface area contributed by atoms with E-state index < -0.39 is 0 Å². The number of piperazine rings is 1. The van der Waals surface area contributed by atoms with Gasteiger partial charge in [-0.1, -0.05) is 39.8 Å². The summed E-state index contributed by atoms with van der Waals surface area (Å²) in [6, 6.07) is 10.4. The molecule has 3 atom stereocenters. The SMILES string of the molecule is CC1(C)C(NC(=O)c2ccc(N3CCNCC3)cc2)C(C)(C)C1[C@H](C#N)[C@@H]1C=CC1Cl. The van der Waals surface area contributed by atoms with Gasteiger partial charge in [-0.15, -0.1) is 11.6 Å². The highest BCUT2D eigenvalue weighted by atomic mass is 35.5. The maximum Gasteiger partial charge on any atom is 0.251 e. The first-order valence-corrected chi connectivity index (χ1v) is 11.7. The third-order valence-corrected chi connectivity index (χ3v) is 8.22. The number of rotatable bonds is 5. The molecule has 4 rings (SSSR count). The smallest absolute Gasteiger partial charge is 0.251 e. The second-order valence-electron chi connectivity index (χ2n) is 10.4. The summed E-state index contributed by atoms with van der Waals surface area (Å²) in [4.78, 5) is 15.4. The third-order valence-electron chi connectivity index (χ3n) is 7.79. The van der Waals surface area contributed by atoms with E-state index in [0.717, 1.165) is 31.9 Å². The van der Waals surface area contributed by atoms with E-state index in [9.17, 15) is 10.1 Å². The Kier molecular flexibility index (Phi) is 5.83. The Morgan fingerprint density at radius 3 is 2.26 bits per heavy atom. The molecule has 0 bridgehead atoms. The van der Waals surface area contributed by atoms with Crippen molar-refractivity contribution in [3.8, 4) is 6.07 Å². The number of benzene rings is 1. The minimum atomic E-state index is -0.194. The number of halogens is 1. The molecule has 0 spiro atoms. The molecule has 2 fully saturated rings. The summed E-state index contributed by atoms with van der Waals surface area (Å²) in [7, 11) is 0. The Balaban J connectivity index is 1.46. The minimum Gasteiger partial charge on any atom is -0.369 e. The van der Waals surface area contributed by atoms with Crippen molar-refractivity contribution in [2.75, 3.05) is 31.1 Å². The number of carbonyl (C=O) groups is 1. The van der Waals surface area contributed by atoms with Gasteiger partial charge in [0.15, 0.2) is 0 Å². The van der Waals surface area contributed by atoms with Crippen LogP contribution in [0.2, 0.25) is 0 Å². The van der Waals surface area contributed by atoms with Crippen LogP contribution in [0.5, 0.6) is 0 Å². The normalized spacial score (nSPS) is 31.7. The number of hydrogen-bond donors (Lipinski definition) is 2. The fourth-order valence-electron chi connectivity index (χ4n) is 6.46. The lowest BCUT2D eigenvalue weighted by Crippen LogP contribution is -2.72. The Morgan fingerprint density at radius 1 is 1.16 bits per heavy atom. The van der Waals surface area contributed by atoms with Gasteiger partial charge in [-0.3, -0.25) is 4.79 Å². The van der Waals surface area contributed by atoms with Crippen LogP contribution in [0, 0.1) is 39.9 Å². The van der Waals surface area contributed by atoms with Crippen LogP contribution in [0.4, 0.5) is 5.69 Å². The van der Waals surface area contributed by atoms with Gasteiger partial charge in [0.1, 0.15) is 0 Å². The van der Waals surface area contributed by atoms with Gasteiger partial charge in [0.2, 0.25) is 0 Å². The molecular weight excluding hydrogens is 408 g/mol. The standard InChI is InChI=1S/C25H33ClN4O/c1-24(2)21(19(15-27)18-9-10-20(18)26)25(3,4)23(24)29-22(31)16-5-7-17(8-6-16)30-13-11-28-12-14-30/h5-10,18-21,23,28H,11-14H2,1-4H3,(H,29,31)/t18-,19+,20?,21?,23?/m0/s1. The molecule has 1 aliphatic heterocycles. The molecule has 1 aromatic carbocycles. The molecule has 1 aromatic rings. The van der Waals surface area contributed by atoms with Crippen molar-refractivity contribution in [2.24, 2.45) is 28.6 Å². The van der Waals surface area contributed by atoms with Crippen LogP contribution in [0.15, 0.2) is 36.4 Å². The van der Waals surface area contributed by atoms with Crippen LogP contribution in [0.1, 0.15) is 38.1 Å². The van der Waals surface area contributed by atoms with Crippen molar-refractivity contribution >= 4 is 23.2 Å². The van der Waals surface area contributed by atoms with E-state index in [4.69, 9.17) is 11.6 Å². The lowest BCUT2D eigenvalue weighted by Gasteiger charge is -2.66. The zero-order valence-electron chi connectivity index (χ0n) is 18.9. The second-order valence-corrected chi connectivity index (χ2v) is 10.9. The van der Waals surface area contributed by atoms with E-state index in [1.54, 1.807) is 0 Å². The first-order chi connectivity index (χ1) is 14.7. The van der Waals surface area contributed by atoms with Gasteiger partial charge in [-0.25, -0.2) is 0 Å². The number of anilines is 1. The van der Waals surface area contributed by atoms with Crippen LogP contribution in [-0.4, -0.2) is 43.5 Å². The van der Waals surface area contributed by atoms with E-state index in [0.29, 0.717) is 5.56 Å². The summed E-state index contributed by atoms with van der Waals surface area (Å²) in [5.41, 5.74) is 1.44. The van der Waals surface area contributed by atoms with Gasteiger partial charge in [0, 0.05) is 49.4 Å². The fraction of sp³-hybridized carbons (Fsp3) is 0.600. The molecule has 1 saturated carbocycles. The highest BCUT2D eigenvalue weighted by Gasteiger charge is 2.65. The van der Waals surface area contributed by atoms with Crippen LogP contribution in [0.25, 0.3) is 0 Å². The number of carbonyl (C=O) groups excluding carboxylic acids is 1. The average molecular weight is 441 g/mol. The van der Waals surface area contributed by atoms with E-state index in [-0.39, 0.29) is 45.9 Å². The lowest BCUT2D eigenvalue weighted by molar-refractivity contribution is -0.147. The van der Waals surface area contributed by atoms with Gasteiger partial charge < -0.3 is 15.5 Å². The monoisotopic (exact) mass is 440 g/mol. The zero-order chi connectivity index (χ0) is 22.4. The summed E-state index contributed by atoms with van der Waals surface area (Å²) in [6.07, 6.45) is 4.02. The summed E-state index contributed by atoms with van der Waals surface area (Å²) >= 11 is 6.35. The third kappa shape index (κ3) is 3.75. The molecule has 1 unspecified atom stereocenters. The summed E-state index contributed by atoms with van der Waals surface area (Å²) < 4.78 is 0. The molecule has 0 aromatic heterocycles. The topological polar surface area (TPSA) is 68.2 Å². The first-order valence-electron chi connectivity index (χ1n) is 11.3. The maximum absolute atomic E-state index is 13.1. The van der Waals surface area contributed by atoms with Crippen molar-refractivity contribution in [3.05, 3.63) is 42.0 Å². The van der Waals surface area contributed by atoms with Crippen LogP contribution < -0.4 is 15.5 Å². The van der Waals surface area contributed by atoms with Crippen molar-refractivity contribution in [3.63, 3.8) is 0 Å². The van der Waals surface area contributed by atoms with E-state index in [2.05, 4.69) is 55.4 Å². The van der Waals surface area contributed by atoms with Crippen molar-refractivity contribution in [1.29, 1.82) is 5.26 Å². The number of allylic oxidation sites excluding steroid dienone is 2. The molecule has 1 amide bonds.